The number of sulfonamides is 1. The van der Waals surface area contributed by atoms with Crippen LogP contribution in [0.1, 0.15) is 24.8 Å². The first-order valence-electron chi connectivity index (χ1n) is 7.59. The number of benzene rings is 2. The van der Waals surface area contributed by atoms with Crippen molar-refractivity contribution in [2.24, 2.45) is 0 Å². The van der Waals surface area contributed by atoms with Crippen LogP contribution in [0.15, 0.2) is 47.4 Å². The maximum atomic E-state index is 13.1. The van der Waals surface area contributed by atoms with Gasteiger partial charge in [0.25, 0.3) is 10.0 Å². The molecule has 5 nitrogen and oxygen atoms in total. The Morgan fingerprint density at radius 3 is 2.74 bits per heavy atom. The zero-order chi connectivity index (χ0) is 16.0. The topological polar surface area (TPSA) is 55.8 Å². The summed E-state index contributed by atoms with van der Waals surface area (Å²) in [5, 5.41) is 0. The van der Waals surface area contributed by atoms with E-state index in [0.717, 1.165) is 17.7 Å². The lowest BCUT2D eigenvalue weighted by molar-refractivity contribution is 0.174. The second-order valence-electron chi connectivity index (χ2n) is 5.84. The van der Waals surface area contributed by atoms with Gasteiger partial charge in [-0.2, -0.15) is 0 Å². The Morgan fingerprint density at radius 1 is 1.09 bits per heavy atom. The summed E-state index contributed by atoms with van der Waals surface area (Å²) in [6, 6.07) is 12.5. The van der Waals surface area contributed by atoms with Crippen LogP contribution in [0.2, 0.25) is 0 Å². The van der Waals surface area contributed by atoms with Crippen LogP contribution in [-0.4, -0.2) is 21.8 Å². The van der Waals surface area contributed by atoms with E-state index < -0.39 is 10.0 Å². The number of hydrogen-bond acceptors (Lipinski definition) is 4. The molecule has 0 bridgehead atoms. The first kappa shape index (κ1) is 14.4. The molecular formula is C17H17NO4S. The van der Waals surface area contributed by atoms with Gasteiger partial charge in [0.15, 0.2) is 11.5 Å². The van der Waals surface area contributed by atoms with Crippen LogP contribution in [0.5, 0.6) is 11.5 Å². The molecule has 0 fully saturated rings. The normalized spacial score (nSPS) is 19.5. The molecule has 4 rings (SSSR count). The van der Waals surface area contributed by atoms with Gasteiger partial charge in [-0.25, -0.2) is 8.42 Å². The highest BCUT2D eigenvalue weighted by Crippen LogP contribution is 2.40. The lowest BCUT2D eigenvalue weighted by atomic mass is 9.93. The van der Waals surface area contributed by atoms with Crippen molar-refractivity contribution < 1.29 is 17.9 Å². The minimum atomic E-state index is -3.62. The molecule has 0 aliphatic carbocycles. The second-order valence-corrected chi connectivity index (χ2v) is 7.70. The van der Waals surface area contributed by atoms with Crippen molar-refractivity contribution in [3.8, 4) is 11.5 Å². The van der Waals surface area contributed by atoms with E-state index in [4.69, 9.17) is 9.47 Å². The van der Waals surface area contributed by atoms with E-state index in [0.29, 0.717) is 24.0 Å². The maximum absolute atomic E-state index is 13.1. The third kappa shape index (κ3) is 2.25. The highest BCUT2D eigenvalue weighted by molar-refractivity contribution is 7.92. The smallest absolute Gasteiger partial charge is 0.264 e. The van der Waals surface area contributed by atoms with Crippen LogP contribution in [0.4, 0.5) is 5.69 Å². The molecule has 2 aliphatic rings. The summed E-state index contributed by atoms with van der Waals surface area (Å²) in [6.07, 6.45) is 0.806. The monoisotopic (exact) mass is 331 g/mol. The Kier molecular flexibility index (Phi) is 3.23. The molecule has 0 amide bonds. The lowest BCUT2D eigenvalue weighted by Gasteiger charge is -2.33. The number of anilines is 1. The third-order valence-electron chi connectivity index (χ3n) is 4.43. The maximum Gasteiger partial charge on any atom is 0.264 e. The second kappa shape index (κ2) is 5.16. The molecular weight excluding hydrogens is 314 g/mol. The van der Waals surface area contributed by atoms with Crippen LogP contribution in [0, 0.1) is 0 Å². The van der Waals surface area contributed by atoms with E-state index in [2.05, 4.69) is 6.92 Å². The molecule has 2 aromatic carbocycles. The molecule has 6 heteroatoms. The molecule has 120 valence electrons. The Hall–Kier alpha value is -2.21. The van der Waals surface area contributed by atoms with Gasteiger partial charge in [0.05, 0.1) is 10.6 Å². The summed E-state index contributed by atoms with van der Waals surface area (Å²) in [6.45, 7) is 2.74. The molecule has 0 saturated heterocycles. The van der Waals surface area contributed by atoms with Gasteiger partial charge < -0.3 is 9.47 Å². The molecule has 0 N–H and O–H groups in total. The van der Waals surface area contributed by atoms with Gasteiger partial charge in [-0.3, -0.25) is 4.31 Å². The summed E-state index contributed by atoms with van der Waals surface area (Å²) < 4.78 is 38.2. The van der Waals surface area contributed by atoms with Crippen LogP contribution in [-0.2, 0) is 10.0 Å². The Labute approximate surface area is 135 Å². The lowest BCUT2D eigenvalue weighted by Crippen LogP contribution is -2.36. The summed E-state index contributed by atoms with van der Waals surface area (Å²) in [5.74, 6) is 1.41. The number of para-hydroxylation sites is 1. The summed E-state index contributed by atoms with van der Waals surface area (Å²) in [7, 11) is -3.62. The fraction of sp³-hybridized carbons (Fsp3) is 0.294. The van der Waals surface area contributed by atoms with Gasteiger partial charge in [-0.1, -0.05) is 25.1 Å². The van der Waals surface area contributed by atoms with Gasteiger partial charge in [0.1, 0.15) is 0 Å². The van der Waals surface area contributed by atoms with Crippen molar-refractivity contribution in [3.63, 3.8) is 0 Å². The minimum Gasteiger partial charge on any atom is -0.454 e. The predicted octanol–water partition coefficient (Wildman–Crippen LogP) is 3.12. The fourth-order valence-electron chi connectivity index (χ4n) is 3.13. The zero-order valence-corrected chi connectivity index (χ0v) is 13.5. The van der Waals surface area contributed by atoms with Crippen LogP contribution in [0.3, 0.4) is 0 Å². The fourth-order valence-corrected chi connectivity index (χ4v) is 4.65. The van der Waals surface area contributed by atoms with Crippen molar-refractivity contribution >= 4 is 15.7 Å². The third-order valence-corrected chi connectivity index (χ3v) is 6.24. The molecule has 0 radical (unpaired) electrons. The minimum absolute atomic E-state index is 0.128. The molecule has 2 aliphatic heterocycles. The van der Waals surface area contributed by atoms with Gasteiger partial charge in [-0.05, 0) is 36.1 Å². The van der Waals surface area contributed by atoms with E-state index in [1.807, 2.05) is 24.3 Å². The first-order chi connectivity index (χ1) is 11.1. The average molecular weight is 331 g/mol. The Morgan fingerprint density at radius 2 is 1.87 bits per heavy atom. The molecule has 1 unspecified atom stereocenters. The zero-order valence-electron chi connectivity index (χ0n) is 12.7. The molecule has 2 aromatic rings. The van der Waals surface area contributed by atoms with Crippen LogP contribution < -0.4 is 13.8 Å². The number of ether oxygens (including phenoxy) is 2. The van der Waals surface area contributed by atoms with Crippen molar-refractivity contribution in [2.45, 2.75) is 24.2 Å². The van der Waals surface area contributed by atoms with E-state index in [1.54, 1.807) is 12.1 Å². The van der Waals surface area contributed by atoms with Gasteiger partial charge >= 0.3 is 0 Å². The van der Waals surface area contributed by atoms with Gasteiger partial charge in [0, 0.05) is 12.6 Å². The SMILES string of the molecule is CC1CCN(S(=O)(=O)c2ccc3c(c2)OCO3)c2ccccc21. The van der Waals surface area contributed by atoms with Gasteiger partial charge in [0.2, 0.25) is 6.79 Å². The first-order valence-corrected chi connectivity index (χ1v) is 9.03. The van der Waals surface area contributed by atoms with E-state index in [-0.39, 0.29) is 11.7 Å². The van der Waals surface area contributed by atoms with E-state index >= 15 is 0 Å². The average Bonchev–Trinajstić information content (AvgIpc) is 3.03. The van der Waals surface area contributed by atoms with Crippen LogP contribution >= 0.6 is 0 Å². The highest BCUT2D eigenvalue weighted by Gasteiger charge is 2.32. The molecule has 0 spiro atoms. The molecule has 2 heterocycles. The highest BCUT2D eigenvalue weighted by atomic mass is 32.2. The number of fused-ring (bicyclic) bond motifs is 2. The predicted molar refractivity (Wildman–Crippen MR) is 86.6 cm³/mol. The van der Waals surface area contributed by atoms with E-state index in [9.17, 15) is 8.42 Å². The molecule has 0 saturated carbocycles. The van der Waals surface area contributed by atoms with Crippen molar-refractivity contribution in [2.75, 3.05) is 17.6 Å². The number of nitrogens with zero attached hydrogens (tertiary/aromatic N) is 1. The van der Waals surface area contributed by atoms with Crippen molar-refractivity contribution in [1.82, 2.24) is 0 Å². The standard InChI is InChI=1S/C17H17NO4S/c1-12-8-9-18(15-5-3-2-4-14(12)15)23(19,20)13-6-7-16-17(10-13)22-11-21-16/h2-7,10,12H,8-9,11H2,1H3. The van der Waals surface area contributed by atoms with Crippen LogP contribution in [0.25, 0.3) is 0 Å². The Balaban J connectivity index is 1.79. The summed E-state index contributed by atoms with van der Waals surface area (Å²) in [5.41, 5.74) is 1.84. The Bertz CT molecular complexity index is 863. The number of rotatable bonds is 2. The van der Waals surface area contributed by atoms with Crippen molar-refractivity contribution in [1.29, 1.82) is 0 Å². The van der Waals surface area contributed by atoms with E-state index in [1.165, 1.54) is 10.4 Å². The molecule has 0 aromatic heterocycles. The number of hydrogen-bond donors (Lipinski definition) is 0. The quantitative estimate of drug-likeness (QED) is 0.848. The van der Waals surface area contributed by atoms with Crippen molar-refractivity contribution in [3.05, 3.63) is 48.0 Å². The largest absolute Gasteiger partial charge is 0.454 e. The summed E-state index contributed by atoms with van der Waals surface area (Å²) in [4.78, 5) is 0.228. The molecule has 1 atom stereocenters. The van der Waals surface area contributed by atoms with Gasteiger partial charge in [-0.15, -0.1) is 0 Å². The molecule has 23 heavy (non-hydrogen) atoms. The summed E-state index contributed by atoms with van der Waals surface area (Å²) >= 11 is 0.